The van der Waals surface area contributed by atoms with Gasteiger partial charge in [0.1, 0.15) is 0 Å². The minimum Gasteiger partial charge on any atom is -0.466 e. The van der Waals surface area contributed by atoms with Crippen LogP contribution in [0.1, 0.15) is 207 Å². The standard InChI is InChI=1S/C38H74O4/c1-35(2)29-23-17-13-9-5-7-11-15-21-27-33-41-37(39)31-25-19-20-26-32-38(40)42-34-28-22-16-12-8-6-10-14-18-24-30-36(3)4/h35-36H,5-34H2,1-4H3. The Hall–Kier alpha value is -1.06. The minimum atomic E-state index is -0.0658. The second kappa shape index (κ2) is 32.8. The second-order valence-corrected chi connectivity index (χ2v) is 13.8. The van der Waals surface area contributed by atoms with Crippen molar-refractivity contribution in [2.24, 2.45) is 11.8 Å². The van der Waals surface area contributed by atoms with Gasteiger partial charge in [-0.15, -0.1) is 0 Å². The van der Waals surface area contributed by atoms with Crippen molar-refractivity contribution in [3.05, 3.63) is 0 Å². The van der Waals surface area contributed by atoms with Crippen molar-refractivity contribution in [2.45, 2.75) is 207 Å². The van der Waals surface area contributed by atoms with Gasteiger partial charge in [0, 0.05) is 12.8 Å². The van der Waals surface area contributed by atoms with E-state index in [-0.39, 0.29) is 11.9 Å². The summed E-state index contributed by atoms with van der Waals surface area (Å²) in [7, 11) is 0. The number of hydrogen-bond acceptors (Lipinski definition) is 4. The number of unbranched alkanes of at least 4 members (excludes halogenated alkanes) is 21. The molecule has 0 saturated heterocycles. The van der Waals surface area contributed by atoms with Crippen molar-refractivity contribution in [1.82, 2.24) is 0 Å². The van der Waals surface area contributed by atoms with Crippen LogP contribution in [-0.2, 0) is 19.1 Å². The van der Waals surface area contributed by atoms with E-state index in [1.54, 1.807) is 0 Å². The Morgan fingerprint density at radius 1 is 0.357 bits per heavy atom. The molecule has 0 radical (unpaired) electrons. The van der Waals surface area contributed by atoms with Gasteiger partial charge in [0.05, 0.1) is 13.2 Å². The molecule has 0 aromatic carbocycles. The summed E-state index contributed by atoms with van der Waals surface area (Å²) < 4.78 is 10.8. The van der Waals surface area contributed by atoms with Crippen LogP contribution in [0.4, 0.5) is 0 Å². The van der Waals surface area contributed by atoms with E-state index in [1.807, 2.05) is 0 Å². The molecule has 0 unspecified atom stereocenters. The van der Waals surface area contributed by atoms with Gasteiger partial charge in [-0.3, -0.25) is 9.59 Å². The first kappa shape index (κ1) is 40.9. The third-order valence-electron chi connectivity index (χ3n) is 8.39. The summed E-state index contributed by atoms with van der Waals surface area (Å²) in [5, 5.41) is 0. The van der Waals surface area contributed by atoms with Crippen molar-refractivity contribution in [1.29, 1.82) is 0 Å². The Balaban J connectivity index is 3.27. The molecule has 42 heavy (non-hydrogen) atoms. The van der Waals surface area contributed by atoms with Crippen LogP contribution in [0, 0.1) is 11.8 Å². The molecule has 0 aliphatic rings. The van der Waals surface area contributed by atoms with E-state index in [4.69, 9.17) is 9.47 Å². The number of rotatable bonds is 33. The van der Waals surface area contributed by atoms with Crippen LogP contribution in [0.25, 0.3) is 0 Å². The zero-order chi connectivity index (χ0) is 30.9. The molecule has 0 aromatic rings. The Labute approximate surface area is 263 Å². The Morgan fingerprint density at radius 2 is 0.595 bits per heavy atom. The van der Waals surface area contributed by atoms with E-state index >= 15 is 0 Å². The highest BCUT2D eigenvalue weighted by atomic mass is 16.5. The van der Waals surface area contributed by atoms with E-state index < -0.39 is 0 Å². The minimum absolute atomic E-state index is 0.0658. The van der Waals surface area contributed by atoms with E-state index in [2.05, 4.69) is 27.7 Å². The predicted octanol–water partition coefficient (Wildman–Crippen LogP) is 12.3. The highest BCUT2D eigenvalue weighted by molar-refractivity contribution is 5.69. The molecular weight excluding hydrogens is 520 g/mol. The van der Waals surface area contributed by atoms with Gasteiger partial charge in [-0.05, 0) is 37.5 Å². The smallest absolute Gasteiger partial charge is 0.305 e. The van der Waals surface area contributed by atoms with Gasteiger partial charge >= 0.3 is 11.9 Å². The van der Waals surface area contributed by atoms with E-state index in [1.165, 1.54) is 116 Å². The molecule has 0 fully saturated rings. The molecule has 0 amide bonds. The van der Waals surface area contributed by atoms with Crippen LogP contribution in [0.5, 0.6) is 0 Å². The van der Waals surface area contributed by atoms with Crippen molar-refractivity contribution in [3.63, 3.8) is 0 Å². The van der Waals surface area contributed by atoms with Gasteiger partial charge in [0.15, 0.2) is 0 Å². The Morgan fingerprint density at radius 3 is 0.881 bits per heavy atom. The Bertz CT molecular complexity index is 521. The lowest BCUT2D eigenvalue weighted by molar-refractivity contribution is -0.145. The third-order valence-corrected chi connectivity index (χ3v) is 8.39. The van der Waals surface area contributed by atoms with Crippen LogP contribution in [0.2, 0.25) is 0 Å². The quantitative estimate of drug-likeness (QED) is 0.0560. The fourth-order valence-corrected chi connectivity index (χ4v) is 5.55. The first-order valence-electron chi connectivity index (χ1n) is 18.7. The van der Waals surface area contributed by atoms with E-state index in [9.17, 15) is 9.59 Å². The van der Waals surface area contributed by atoms with Crippen molar-refractivity contribution < 1.29 is 19.1 Å². The molecule has 0 N–H and O–H groups in total. The summed E-state index contributed by atoms with van der Waals surface area (Å²) in [6.07, 6.45) is 33.4. The maximum Gasteiger partial charge on any atom is 0.305 e. The van der Waals surface area contributed by atoms with Crippen molar-refractivity contribution in [3.8, 4) is 0 Å². The molecule has 0 saturated carbocycles. The molecule has 250 valence electrons. The highest BCUT2D eigenvalue weighted by Gasteiger charge is 2.05. The maximum atomic E-state index is 11.9. The lowest BCUT2D eigenvalue weighted by Crippen LogP contribution is -2.06. The first-order chi connectivity index (χ1) is 20.4. The molecule has 0 spiro atoms. The van der Waals surface area contributed by atoms with Crippen LogP contribution >= 0.6 is 0 Å². The molecule has 0 bridgehead atoms. The second-order valence-electron chi connectivity index (χ2n) is 13.8. The summed E-state index contributed by atoms with van der Waals surface area (Å²) in [5.41, 5.74) is 0. The van der Waals surface area contributed by atoms with Gasteiger partial charge in [-0.1, -0.05) is 169 Å². The van der Waals surface area contributed by atoms with Crippen molar-refractivity contribution in [2.75, 3.05) is 13.2 Å². The summed E-state index contributed by atoms with van der Waals surface area (Å²) in [6, 6.07) is 0. The molecule has 0 rings (SSSR count). The fourth-order valence-electron chi connectivity index (χ4n) is 5.55. The van der Waals surface area contributed by atoms with E-state index in [0.29, 0.717) is 26.1 Å². The normalized spacial score (nSPS) is 11.5. The summed E-state index contributed by atoms with van der Waals surface area (Å²) in [4.78, 5) is 23.8. The molecule has 0 aromatic heterocycles. The van der Waals surface area contributed by atoms with Gasteiger partial charge in [0.25, 0.3) is 0 Å². The van der Waals surface area contributed by atoms with E-state index in [0.717, 1.165) is 63.2 Å². The van der Waals surface area contributed by atoms with Crippen LogP contribution in [0.15, 0.2) is 0 Å². The average Bonchev–Trinajstić information content (AvgIpc) is 2.95. The molecule has 4 nitrogen and oxygen atoms in total. The topological polar surface area (TPSA) is 52.6 Å². The number of carbonyl (C=O) groups is 2. The van der Waals surface area contributed by atoms with Gasteiger partial charge < -0.3 is 9.47 Å². The highest BCUT2D eigenvalue weighted by Crippen LogP contribution is 2.15. The number of ether oxygens (including phenoxy) is 2. The van der Waals surface area contributed by atoms with Gasteiger partial charge in [-0.25, -0.2) is 0 Å². The summed E-state index contributed by atoms with van der Waals surface area (Å²) in [6.45, 7) is 10.4. The van der Waals surface area contributed by atoms with Crippen molar-refractivity contribution >= 4 is 11.9 Å². The monoisotopic (exact) mass is 595 g/mol. The molecule has 0 atom stereocenters. The van der Waals surface area contributed by atoms with Gasteiger partial charge in [0.2, 0.25) is 0 Å². The lowest BCUT2D eigenvalue weighted by Gasteiger charge is -2.06. The van der Waals surface area contributed by atoms with Gasteiger partial charge in [-0.2, -0.15) is 0 Å². The van der Waals surface area contributed by atoms with Crippen LogP contribution in [-0.4, -0.2) is 25.2 Å². The molecule has 0 heterocycles. The Kier molecular flexibility index (Phi) is 32.0. The maximum absolute atomic E-state index is 11.9. The average molecular weight is 595 g/mol. The molecule has 0 aliphatic carbocycles. The van der Waals surface area contributed by atoms with Crippen LogP contribution < -0.4 is 0 Å². The largest absolute Gasteiger partial charge is 0.466 e. The zero-order valence-electron chi connectivity index (χ0n) is 29.0. The number of hydrogen-bond donors (Lipinski definition) is 0. The number of carbonyl (C=O) groups excluding carboxylic acids is 2. The fraction of sp³-hybridized carbons (Fsp3) is 0.947. The van der Waals surface area contributed by atoms with Crippen LogP contribution in [0.3, 0.4) is 0 Å². The third kappa shape index (κ3) is 35.1. The SMILES string of the molecule is CC(C)CCCCCCCCCCCCOC(=O)CCCCCCC(=O)OCCCCCCCCCCCCC(C)C. The predicted molar refractivity (Wildman–Crippen MR) is 181 cm³/mol. The summed E-state index contributed by atoms with van der Waals surface area (Å²) in [5.74, 6) is 1.57. The lowest BCUT2D eigenvalue weighted by atomic mass is 10.0. The number of esters is 2. The summed E-state index contributed by atoms with van der Waals surface area (Å²) >= 11 is 0. The first-order valence-corrected chi connectivity index (χ1v) is 18.7. The zero-order valence-corrected chi connectivity index (χ0v) is 29.0. The molecular formula is C38H74O4. The molecule has 4 heteroatoms. The molecule has 0 aliphatic heterocycles.